The van der Waals surface area contributed by atoms with Crippen LogP contribution in [0.5, 0.6) is 0 Å². The second kappa shape index (κ2) is 10.9. The highest BCUT2D eigenvalue weighted by molar-refractivity contribution is 14.1. The maximum atomic E-state index is 13.3. The largest absolute Gasteiger partial charge is 0.366 e. The second-order valence-electron chi connectivity index (χ2n) is 9.93. The van der Waals surface area contributed by atoms with Crippen LogP contribution < -0.4 is 16.2 Å². The van der Waals surface area contributed by atoms with Crippen molar-refractivity contribution in [1.29, 1.82) is 0 Å². The molecular weight excluding hydrogens is 654 g/mol. The molecule has 2 aliphatic rings. The molecule has 12 heteroatoms. The summed E-state index contributed by atoms with van der Waals surface area (Å²) >= 11 is 10.4. The number of ether oxygens (including phenoxy) is 1. The number of fused-ring (bicyclic) bond motifs is 1. The van der Waals surface area contributed by atoms with Crippen LogP contribution in [0.3, 0.4) is 0 Å². The number of hydrogen-bond acceptors (Lipinski definition) is 8. The van der Waals surface area contributed by atoms with Gasteiger partial charge in [0.05, 0.1) is 47.8 Å². The standard InChI is InChI=1S/C27H25ClFIN6O2S/c28-23-19(6-5-18-22(23)26(37)36(15-34-18)13-16-1-3-17(29)4-2-16)39-21-12-32-20(11-33-21)35-9-7-27(8-10-35)14-38-25(30)24(27)31/h1-6,11-12,15,24-25H,7-10,13-14,31H2/t24-,25-/m1/s1. The van der Waals surface area contributed by atoms with E-state index in [-0.39, 0.29) is 33.5 Å². The van der Waals surface area contributed by atoms with Crippen molar-refractivity contribution >= 4 is 62.7 Å². The lowest BCUT2D eigenvalue weighted by Crippen LogP contribution is -2.50. The Hall–Kier alpha value is -2.32. The fourth-order valence-corrected chi connectivity index (χ4v) is 7.25. The molecule has 0 bridgehead atoms. The van der Waals surface area contributed by atoms with Gasteiger partial charge in [-0.2, -0.15) is 0 Å². The highest BCUT2D eigenvalue weighted by atomic mass is 127. The van der Waals surface area contributed by atoms with E-state index in [0.717, 1.165) is 43.9 Å². The van der Waals surface area contributed by atoms with E-state index in [0.29, 0.717) is 25.8 Å². The van der Waals surface area contributed by atoms with Gasteiger partial charge in [-0.1, -0.05) is 35.5 Å². The van der Waals surface area contributed by atoms with Gasteiger partial charge in [0.1, 0.15) is 20.8 Å². The fraction of sp³-hybridized carbons (Fsp3) is 0.333. The molecule has 4 aromatic rings. The molecule has 0 unspecified atom stereocenters. The van der Waals surface area contributed by atoms with Crippen LogP contribution in [0.15, 0.2) is 69.8 Å². The first kappa shape index (κ1) is 26.9. The van der Waals surface area contributed by atoms with Crippen LogP contribution in [0, 0.1) is 11.2 Å². The highest BCUT2D eigenvalue weighted by Gasteiger charge is 2.48. The number of aromatic nitrogens is 4. The maximum absolute atomic E-state index is 13.3. The number of nitrogens with zero attached hydrogens (tertiary/aromatic N) is 5. The SMILES string of the molecule is N[C@@H]1[C@H](I)OCC12CCN(c1cnc(Sc3ccc4ncn(Cc5ccc(F)cc5)c(=O)c4c3Cl)cn1)CC2. The van der Waals surface area contributed by atoms with E-state index in [1.54, 1.807) is 30.6 Å². The van der Waals surface area contributed by atoms with Gasteiger partial charge in [-0.25, -0.2) is 19.3 Å². The van der Waals surface area contributed by atoms with E-state index < -0.39 is 0 Å². The minimum Gasteiger partial charge on any atom is -0.366 e. The van der Waals surface area contributed by atoms with Crippen molar-refractivity contribution in [2.75, 3.05) is 24.6 Å². The molecule has 2 N–H and O–H groups in total. The predicted molar refractivity (Wildman–Crippen MR) is 158 cm³/mol. The molecule has 4 heterocycles. The van der Waals surface area contributed by atoms with Gasteiger partial charge in [-0.3, -0.25) is 9.36 Å². The van der Waals surface area contributed by atoms with Gasteiger partial charge in [0.2, 0.25) is 0 Å². The van der Waals surface area contributed by atoms with Crippen molar-refractivity contribution in [2.24, 2.45) is 11.1 Å². The molecule has 2 fully saturated rings. The summed E-state index contributed by atoms with van der Waals surface area (Å²) in [6.07, 6.45) is 6.92. The summed E-state index contributed by atoms with van der Waals surface area (Å²) in [7, 11) is 0. The molecule has 0 aliphatic carbocycles. The number of anilines is 1. The zero-order valence-corrected chi connectivity index (χ0v) is 24.5. The molecule has 202 valence electrons. The van der Waals surface area contributed by atoms with E-state index in [1.165, 1.54) is 34.8 Å². The minimum atomic E-state index is -0.328. The minimum absolute atomic E-state index is 0.0465. The lowest BCUT2D eigenvalue weighted by Gasteiger charge is -2.41. The lowest BCUT2D eigenvalue weighted by atomic mass is 9.75. The van der Waals surface area contributed by atoms with Crippen LogP contribution in [0.25, 0.3) is 10.9 Å². The molecular formula is C27H25ClFIN6O2S. The van der Waals surface area contributed by atoms with Crippen molar-refractivity contribution in [1.82, 2.24) is 19.5 Å². The van der Waals surface area contributed by atoms with Gasteiger partial charge in [-0.15, -0.1) is 0 Å². The van der Waals surface area contributed by atoms with Crippen LogP contribution in [-0.4, -0.2) is 49.4 Å². The predicted octanol–water partition coefficient (Wildman–Crippen LogP) is 4.88. The van der Waals surface area contributed by atoms with Crippen LogP contribution in [0.2, 0.25) is 5.02 Å². The first-order valence-corrected chi connectivity index (χ1v) is 15.0. The number of halogens is 3. The number of alkyl halides is 1. The molecule has 8 nitrogen and oxygen atoms in total. The number of hydrogen-bond donors (Lipinski definition) is 1. The van der Waals surface area contributed by atoms with Gasteiger partial charge in [-0.05, 0) is 65.3 Å². The molecule has 2 saturated heterocycles. The van der Waals surface area contributed by atoms with Gasteiger partial charge >= 0.3 is 0 Å². The summed E-state index contributed by atoms with van der Waals surface area (Å²) < 4.78 is 20.6. The average molecular weight is 679 g/mol. The molecule has 0 amide bonds. The molecule has 6 rings (SSSR count). The van der Waals surface area contributed by atoms with Crippen molar-refractivity contribution in [2.45, 2.75) is 39.5 Å². The van der Waals surface area contributed by atoms with Crippen LogP contribution >= 0.6 is 46.0 Å². The van der Waals surface area contributed by atoms with E-state index in [2.05, 4.69) is 42.4 Å². The second-order valence-corrected chi connectivity index (χ2v) is 12.6. The summed E-state index contributed by atoms with van der Waals surface area (Å²) in [5.41, 5.74) is 7.52. The summed E-state index contributed by atoms with van der Waals surface area (Å²) in [4.78, 5) is 29.9. The Labute approximate surface area is 247 Å². The Balaban J connectivity index is 1.18. The first-order valence-electron chi connectivity index (χ1n) is 12.5. The zero-order chi connectivity index (χ0) is 27.1. The Bertz CT molecular complexity index is 1560. The molecule has 1 spiro atoms. The number of benzene rings is 2. The summed E-state index contributed by atoms with van der Waals surface area (Å²) in [6, 6.07) is 9.68. The number of piperidine rings is 1. The maximum Gasteiger partial charge on any atom is 0.263 e. The van der Waals surface area contributed by atoms with E-state index in [4.69, 9.17) is 22.1 Å². The zero-order valence-electron chi connectivity index (χ0n) is 20.8. The molecule has 2 aromatic heterocycles. The lowest BCUT2D eigenvalue weighted by molar-refractivity contribution is 0.127. The molecule has 0 saturated carbocycles. The van der Waals surface area contributed by atoms with Crippen molar-refractivity contribution < 1.29 is 9.13 Å². The van der Waals surface area contributed by atoms with Gasteiger partial charge in [0.15, 0.2) is 0 Å². The van der Waals surface area contributed by atoms with Crippen LogP contribution in [0.4, 0.5) is 10.2 Å². The van der Waals surface area contributed by atoms with Gasteiger partial charge in [0, 0.05) is 29.4 Å². The average Bonchev–Trinajstić information content (AvgIpc) is 3.22. The molecule has 39 heavy (non-hydrogen) atoms. The van der Waals surface area contributed by atoms with Crippen LogP contribution in [0.1, 0.15) is 18.4 Å². The third kappa shape index (κ3) is 5.26. The summed E-state index contributed by atoms with van der Waals surface area (Å²) in [6.45, 7) is 2.69. The van der Waals surface area contributed by atoms with E-state index >= 15 is 0 Å². The number of nitrogens with two attached hydrogens (primary N) is 1. The fourth-order valence-electron chi connectivity index (χ4n) is 5.18. The summed E-state index contributed by atoms with van der Waals surface area (Å²) in [5, 5.41) is 1.32. The Morgan fingerprint density at radius 1 is 1.13 bits per heavy atom. The molecule has 2 aromatic carbocycles. The van der Waals surface area contributed by atoms with Gasteiger partial charge in [0.25, 0.3) is 5.56 Å². The third-order valence-corrected chi connectivity index (χ3v) is 10.2. The van der Waals surface area contributed by atoms with Gasteiger partial charge < -0.3 is 15.4 Å². The third-order valence-electron chi connectivity index (χ3n) is 7.59. The van der Waals surface area contributed by atoms with E-state index in [1.807, 2.05) is 6.07 Å². The van der Waals surface area contributed by atoms with E-state index in [9.17, 15) is 9.18 Å². The van der Waals surface area contributed by atoms with Crippen molar-refractivity contribution in [3.05, 3.63) is 81.9 Å². The Kier molecular flexibility index (Phi) is 7.53. The number of rotatable bonds is 5. The first-order chi connectivity index (χ1) is 18.8. The molecule has 2 aliphatic heterocycles. The Morgan fingerprint density at radius 3 is 2.56 bits per heavy atom. The monoisotopic (exact) mass is 678 g/mol. The highest BCUT2D eigenvalue weighted by Crippen LogP contribution is 2.43. The van der Waals surface area contributed by atoms with Crippen molar-refractivity contribution in [3.8, 4) is 0 Å². The smallest absolute Gasteiger partial charge is 0.263 e. The normalized spacial score (nSPS) is 20.7. The van der Waals surface area contributed by atoms with Crippen molar-refractivity contribution in [3.63, 3.8) is 0 Å². The molecule has 0 radical (unpaired) electrons. The van der Waals surface area contributed by atoms with Crippen LogP contribution in [-0.2, 0) is 11.3 Å². The quantitative estimate of drug-likeness (QED) is 0.236. The topological polar surface area (TPSA) is 99.2 Å². The summed E-state index contributed by atoms with van der Waals surface area (Å²) in [5.74, 6) is 0.497. The molecule has 2 atom stereocenters. The Morgan fingerprint density at radius 2 is 1.90 bits per heavy atom.